The average Bonchev–Trinajstić information content (AvgIpc) is 3.52. The van der Waals surface area contributed by atoms with Crippen molar-refractivity contribution in [2.45, 2.75) is 215 Å². The minimum atomic E-state index is -2.02. The lowest BCUT2D eigenvalue weighted by molar-refractivity contribution is -0.352. The molecule has 4 saturated carbocycles. The molecule has 3 heterocycles. The van der Waals surface area contributed by atoms with Gasteiger partial charge in [-0.1, -0.05) is 25.1 Å². The van der Waals surface area contributed by atoms with Gasteiger partial charge in [0.2, 0.25) is 0 Å². The molecule has 22 unspecified atom stereocenters. The zero-order chi connectivity index (χ0) is 47.7. The molecule has 7 fully saturated rings. The van der Waals surface area contributed by atoms with Crippen molar-refractivity contribution < 1.29 is 82.5 Å². The second-order valence-electron chi connectivity index (χ2n) is 20.9. The maximum Gasteiger partial charge on any atom is 0.338 e. The maximum absolute atomic E-state index is 13.7. The molecule has 0 spiro atoms. The molecule has 22 atom stereocenters. The lowest BCUT2D eigenvalue weighted by Crippen LogP contribution is -2.79. The van der Waals surface area contributed by atoms with Gasteiger partial charge in [0.05, 0.1) is 53.2 Å². The van der Waals surface area contributed by atoms with Gasteiger partial charge in [-0.15, -0.1) is 0 Å². The number of hydrogen-bond donors (Lipinski definition) is 5. The van der Waals surface area contributed by atoms with Crippen molar-refractivity contribution in [3.8, 4) is 0 Å². The van der Waals surface area contributed by atoms with Crippen LogP contribution in [0.25, 0.3) is 0 Å². The Morgan fingerprint density at radius 2 is 1.30 bits per heavy atom. The molecule has 1 aromatic rings. The smallest absolute Gasteiger partial charge is 0.338 e. The number of esters is 1. The first-order valence-electron chi connectivity index (χ1n) is 24.0. The molecule has 5 N–H and O–H groups in total. The Morgan fingerprint density at radius 1 is 0.682 bits per heavy atom. The molecule has 4 aliphatic carbocycles. The van der Waals surface area contributed by atoms with E-state index < -0.39 is 131 Å². The number of aliphatic hydroxyl groups is 5. The van der Waals surface area contributed by atoms with Gasteiger partial charge < -0.3 is 72.9 Å². The topological polar surface area (TPSA) is 228 Å². The van der Waals surface area contributed by atoms with E-state index in [1.807, 2.05) is 13.8 Å². The van der Waals surface area contributed by atoms with Gasteiger partial charge in [0.25, 0.3) is 0 Å². The molecule has 0 radical (unpaired) electrons. The lowest BCUT2D eigenvalue weighted by Gasteiger charge is -2.69. The summed E-state index contributed by atoms with van der Waals surface area (Å²) in [5.74, 6) is -1.57. The fourth-order valence-corrected chi connectivity index (χ4v) is 13.8. The highest BCUT2D eigenvalue weighted by atomic mass is 16.8. The van der Waals surface area contributed by atoms with E-state index >= 15 is 0 Å². The molecule has 66 heavy (non-hydrogen) atoms. The number of fused-ring (bicyclic) bond motifs is 5. The predicted octanol–water partition coefficient (Wildman–Crippen LogP) is 3.35. The van der Waals surface area contributed by atoms with Crippen LogP contribution in [0.1, 0.15) is 116 Å². The van der Waals surface area contributed by atoms with E-state index in [2.05, 4.69) is 6.92 Å². The van der Waals surface area contributed by atoms with Gasteiger partial charge in [0, 0.05) is 34.2 Å². The number of Topliss-reactive ketones (excluding diaryl/α,β-unsaturated/α-hetero) is 1. The summed E-state index contributed by atoms with van der Waals surface area (Å²) in [6, 6.07) is 8.54. The summed E-state index contributed by atoms with van der Waals surface area (Å²) in [7, 11) is 4.62. The van der Waals surface area contributed by atoms with Crippen LogP contribution in [0.2, 0.25) is 0 Å². The van der Waals surface area contributed by atoms with Crippen molar-refractivity contribution in [2.75, 3.05) is 21.3 Å². The molecule has 0 amide bonds. The van der Waals surface area contributed by atoms with Crippen LogP contribution < -0.4 is 0 Å². The number of carbonyl (C=O) groups is 2. The van der Waals surface area contributed by atoms with Crippen molar-refractivity contribution in [1.29, 1.82) is 0 Å². The fourth-order valence-electron chi connectivity index (χ4n) is 13.8. The highest BCUT2D eigenvalue weighted by molar-refractivity contribution is 5.90. The predicted molar refractivity (Wildman–Crippen MR) is 233 cm³/mol. The van der Waals surface area contributed by atoms with Crippen molar-refractivity contribution in [2.24, 2.45) is 22.7 Å². The number of ether oxygens (including phenoxy) is 10. The second-order valence-corrected chi connectivity index (χ2v) is 20.9. The van der Waals surface area contributed by atoms with Crippen LogP contribution in [-0.4, -0.2) is 168 Å². The molecule has 17 heteroatoms. The number of carbonyl (C=O) groups excluding carboxylic acids is 2. The zero-order valence-corrected chi connectivity index (χ0v) is 39.9. The van der Waals surface area contributed by atoms with E-state index in [0.717, 1.165) is 0 Å². The number of ketones is 1. The Balaban J connectivity index is 0.913. The first-order valence-corrected chi connectivity index (χ1v) is 24.0. The Bertz CT molecular complexity index is 1870. The summed E-state index contributed by atoms with van der Waals surface area (Å²) in [6.45, 7) is 10.5. The Labute approximate surface area is 388 Å². The molecule has 3 saturated heterocycles. The number of rotatable bonds is 12. The number of aliphatic hydroxyl groups excluding tert-OH is 2. The molecule has 8 rings (SSSR count). The van der Waals surface area contributed by atoms with Crippen molar-refractivity contribution in [3.63, 3.8) is 0 Å². The van der Waals surface area contributed by atoms with Crippen molar-refractivity contribution >= 4 is 11.8 Å². The monoisotopic (exact) mass is 934 g/mol. The molecule has 1 aromatic carbocycles. The van der Waals surface area contributed by atoms with Crippen LogP contribution in [0.4, 0.5) is 0 Å². The van der Waals surface area contributed by atoms with E-state index in [1.165, 1.54) is 14.0 Å². The zero-order valence-electron chi connectivity index (χ0n) is 39.9. The van der Waals surface area contributed by atoms with E-state index in [-0.39, 0.29) is 37.7 Å². The number of hydrogen-bond acceptors (Lipinski definition) is 17. The van der Waals surface area contributed by atoms with Gasteiger partial charge >= 0.3 is 5.97 Å². The summed E-state index contributed by atoms with van der Waals surface area (Å²) in [5, 5.41) is 59.3. The SMILES string of the molecule is COC1CC(OC2CCC3(C)C(CCC4(O)C3CC(OC(=O)c3ccccc3)C3(C)C(O)(C(C)=O)CCC43O)C2)OC(C)C1OC1CC(OC)C(OC2OC(C)C(O)C(OC)C2O)C(C)O1. The second kappa shape index (κ2) is 18.9. The van der Waals surface area contributed by atoms with Gasteiger partial charge in [0.1, 0.15) is 47.8 Å². The largest absolute Gasteiger partial charge is 0.458 e. The molecular weight excluding hydrogens is 861 g/mol. The standard InChI is InChI=1S/C49H74O17/c1-25-38(51)42(59-9)39(52)44(62-25)66-41-27(3)61-37(23-33(41)58-8)65-40-26(2)60-36(22-32(40)57-7)63-31-16-17-45(5)30(21-31)15-18-48(55)34(45)24-35(64-43(53)29-13-11-10-12-14-29)46(6)47(54,28(4)50)19-20-49(46,48)56/h10-14,25-27,30-42,44,51-52,54-56H,15-24H2,1-9H3. The van der Waals surface area contributed by atoms with Gasteiger partial charge in [-0.3, -0.25) is 4.79 Å². The summed E-state index contributed by atoms with van der Waals surface area (Å²) in [5.41, 5.74) is -7.44. The van der Waals surface area contributed by atoms with Gasteiger partial charge in [-0.2, -0.15) is 0 Å². The van der Waals surface area contributed by atoms with Gasteiger partial charge in [-0.05, 0) is 115 Å². The van der Waals surface area contributed by atoms with E-state index in [9.17, 15) is 35.1 Å². The van der Waals surface area contributed by atoms with Crippen LogP contribution in [0, 0.1) is 22.7 Å². The third kappa shape index (κ3) is 8.11. The van der Waals surface area contributed by atoms with Crippen LogP contribution in [-0.2, 0) is 52.2 Å². The number of methoxy groups -OCH3 is 3. The Hall–Kier alpha value is -2.20. The van der Waals surface area contributed by atoms with Crippen LogP contribution in [0.5, 0.6) is 0 Å². The quantitative estimate of drug-likeness (QED) is 0.150. The van der Waals surface area contributed by atoms with E-state index in [0.29, 0.717) is 44.1 Å². The first kappa shape index (κ1) is 50.2. The van der Waals surface area contributed by atoms with Gasteiger partial charge in [0.15, 0.2) is 24.7 Å². The third-order valence-corrected chi connectivity index (χ3v) is 17.8. The van der Waals surface area contributed by atoms with Crippen LogP contribution >= 0.6 is 0 Å². The van der Waals surface area contributed by atoms with E-state index in [4.69, 9.17) is 47.4 Å². The minimum Gasteiger partial charge on any atom is -0.458 e. The number of benzene rings is 1. The molecule has 17 nitrogen and oxygen atoms in total. The summed E-state index contributed by atoms with van der Waals surface area (Å²) in [6.07, 6.45) is -6.77. The normalized spacial score (nSPS) is 50.4. The summed E-state index contributed by atoms with van der Waals surface area (Å²) >= 11 is 0. The molecule has 0 bridgehead atoms. The van der Waals surface area contributed by atoms with Crippen molar-refractivity contribution in [1.82, 2.24) is 0 Å². The molecule has 0 aromatic heterocycles. The molecule has 7 aliphatic rings. The maximum atomic E-state index is 13.7. The molecule has 3 aliphatic heterocycles. The van der Waals surface area contributed by atoms with Gasteiger partial charge in [-0.25, -0.2) is 4.79 Å². The fraction of sp³-hybridized carbons (Fsp3) is 0.837. The highest BCUT2D eigenvalue weighted by Gasteiger charge is 2.82. The Kier molecular flexibility index (Phi) is 14.3. The summed E-state index contributed by atoms with van der Waals surface area (Å²) < 4.78 is 61.7. The highest BCUT2D eigenvalue weighted by Crippen LogP contribution is 2.72. The molecular formula is C49H74O17. The lowest BCUT2D eigenvalue weighted by atomic mass is 9.40. The third-order valence-electron chi connectivity index (χ3n) is 17.8. The summed E-state index contributed by atoms with van der Waals surface area (Å²) in [4.78, 5) is 27.0. The molecule has 372 valence electrons. The average molecular weight is 935 g/mol. The van der Waals surface area contributed by atoms with E-state index in [1.54, 1.807) is 58.4 Å². The Morgan fingerprint density at radius 3 is 1.91 bits per heavy atom. The van der Waals surface area contributed by atoms with Crippen LogP contribution in [0.15, 0.2) is 30.3 Å². The van der Waals surface area contributed by atoms with Crippen LogP contribution in [0.3, 0.4) is 0 Å². The minimum absolute atomic E-state index is 0.0167. The van der Waals surface area contributed by atoms with Crippen molar-refractivity contribution in [3.05, 3.63) is 35.9 Å². The first-order chi connectivity index (χ1) is 31.2.